The average Bonchev–Trinajstić information content (AvgIpc) is 3.31. The highest BCUT2D eigenvalue weighted by molar-refractivity contribution is 5.93. The molecule has 2 N–H and O–H groups in total. The van der Waals surface area contributed by atoms with Gasteiger partial charge in [-0.25, -0.2) is 9.59 Å². The lowest BCUT2D eigenvalue weighted by atomic mass is 9.51. The average molecular weight is 408 g/mol. The van der Waals surface area contributed by atoms with Crippen molar-refractivity contribution in [2.24, 2.45) is 28.1 Å². The number of carbonyl (C=O) groups is 3. The highest BCUT2D eigenvalue weighted by Gasteiger charge is 3.01. The number of carbonyl (C=O) groups excluding carboxylic acids is 3. The lowest BCUT2D eigenvalue weighted by Gasteiger charge is -2.46. The third-order valence-electron chi connectivity index (χ3n) is 8.97. The molecule has 2 aliphatic carbocycles. The molecule has 0 aromatic carbocycles. The van der Waals surface area contributed by atoms with Crippen molar-refractivity contribution in [3.63, 3.8) is 0 Å². The lowest BCUT2D eigenvalue weighted by molar-refractivity contribution is -0.238. The zero-order chi connectivity index (χ0) is 20.9. The number of rotatable bonds is 0. The first-order chi connectivity index (χ1) is 13.4. The number of aliphatic hydroxyl groups is 2. The van der Waals surface area contributed by atoms with Gasteiger partial charge in [0.05, 0.1) is 16.7 Å². The van der Waals surface area contributed by atoms with Gasteiger partial charge in [0.1, 0.15) is 12.2 Å². The summed E-state index contributed by atoms with van der Waals surface area (Å²) in [5, 5.41) is 23.0. The van der Waals surface area contributed by atoms with E-state index in [-0.39, 0.29) is 17.8 Å². The Kier molecular flexibility index (Phi) is 2.79. The molecular formula is C20H24O9. The van der Waals surface area contributed by atoms with Crippen LogP contribution in [0.5, 0.6) is 0 Å². The Hall–Kier alpha value is -1.71. The standard InChI is InChI=1S/C20H24O9/c1-7-12(22)26-10-6-17-9-5-8(16(2,3)4)18(17)11(21)13(23)28-15(18)29-20(17,14(24)27-9)19(7,10)25/h7-11,15,21,25H,5-6H2,1-4H3/t7-,8+,9-,10+,11+,15-,17?,18?,19-,20?/m1/s1. The molecule has 4 saturated heterocycles. The van der Waals surface area contributed by atoms with Gasteiger partial charge < -0.3 is 29.2 Å². The van der Waals surface area contributed by atoms with Crippen LogP contribution in [0.25, 0.3) is 0 Å². The van der Waals surface area contributed by atoms with Crippen molar-refractivity contribution in [1.29, 1.82) is 0 Å². The molecule has 0 aromatic heterocycles. The van der Waals surface area contributed by atoms with Crippen molar-refractivity contribution in [2.75, 3.05) is 0 Å². The van der Waals surface area contributed by atoms with Gasteiger partial charge in [-0.15, -0.1) is 0 Å². The zero-order valence-electron chi connectivity index (χ0n) is 16.6. The first-order valence-electron chi connectivity index (χ1n) is 10.1. The van der Waals surface area contributed by atoms with Crippen molar-refractivity contribution in [3.8, 4) is 0 Å². The van der Waals surface area contributed by atoms with Gasteiger partial charge in [-0.3, -0.25) is 4.79 Å². The van der Waals surface area contributed by atoms with E-state index in [9.17, 15) is 24.6 Å². The fourth-order valence-corrected chi connectivity index (χ4v) is 8.06. The Balaban J connectivity index is 1.68. The van der Waals surface area contributed by atoms with Gasteiger partial charge in [-0.1, -0.05) is 20.8 Å². The minimum atomic E-state index is -1.97. The Morgan fingerprint density at radius 3 is 2.38 bits per heavy atom. The Bertz CT molecular complexity index is 893. The second-order valence-electron chi connectivity index (χ2n) is 10.6. The zero-order valence-corrected chi connectivity index (χ0v) is 16.6. The molecule has 6 rings (SSSR count). The lowest BCUT2D eigenvalue weighted by Crippen LogP contribution is -2.66. The smallest absolute Gasteiger partial charge is 0.342 e. The maximum atomic E-state index is 13.3. The predicted molar refractivity (Wildman–Crippen MR) is 90.6 cm³/mol. The molecule has 0 amide bonds. The molecule has 4 aliphatic heterocycles. The Labute approximate surface area is 166 Å². The summed E-state index contributed by atoms with van der Waals surface area (Å²) in [7, 11) is 0. The van der Waals surface area contributed by atoms with Crippen molar-refractivity contribution in [3.05, 3.63) is 0 Å². The normalized spacial score (nSPS) is 59.2. The molecule has 0 radical (unpaired) electrons. The first kappa shape index (κ1) is 18.1. The third-order valence-corrected chi connectivity index (χ3v) is 8.97. The summed E-state index contributed by atoms with van der Waals surface area (Å²) in [4.78, 5) is 38.1. The summed E-state index contributed by atoms with van der Waals surface area (Å²) < 4.78 is 22.9. The highest BCUT2D eigenvalue weighted by Crippen LogP contribution is 2.84. The van der Waals surface area contributed by atoms with Crippen molar-refractivity contribution in [2.45, 2.75) is 76.3 Å². The fourth-order valence-electron chi connectivity index (χ4n) is 8.06. The molecule has 0 bridgehead atoms. The minimum Gasteiger partial charge on any atom is -0.459 e. The summed E-state index contributed by atoms with van der Waals surface area (Å²) in [6.07, 6.45) is -3.96. The van der Waals surface area contributed by atoms with Gasteiger partial charge in [-0.2, -0.15) is 0 Å². The largest absolute Gasteiger partial charge is 0.459 e. The van der Waals surface area contributed by atoms with Crippen LogP contribution in [0.1, 0.15) is 40.5 Å². The van der Waals surface area contributed by atoms with Crippen LogP contribution in [-0.4, -0.2) is 63.9 Å². The molecule has 2 saturated carbocycles. The molecule has 29 heavy (non-hydrogen) atoms. The molecule has 6 aliphatic rings. The minimum absolute atomic E-state index is 0.0623. The first-order valence-corrected chi connectivity index (χ1v) is 10.1. The van der Waals surface area contributed by atoms with Gasteiger partial charge >= 0.3 is 17.9 Å². The topological polar surface area (TPSA) is 129 Å². The van der Waals surface area contributed by atoms with E-state index < -0.39 is 70.5 Å². The number of hydrogen-bond donors (Lipinski definition) is 2. The number of ether oxygens (including phenoxy) is 4. The molecule has 4 heterocycles. The summed E-state index contributed by atoms with van der Waals surface area (Å²) in [5.41, 5.74) is -6.81. The van der Waals surface area contributed by atoms with E-state index in [1.54, 1.807) is 0 Å². The van der Waals surface area contributed by atoms with Crippen molar-refractivity contribution in [1.82, 2.24) is 0 Å². The SMILES string of the molecule is C[C@@H]1C(=O)O[C@H]2CC34[C@H]5C[C@@H](C(C)(C)C)C36[C@H](OC(=O)[C@@H]6O)OC4(C(=O)O5)[C@]21O. The van der Waals surface area contributed by atoms with Crippen molar-refractivity contribution < 1.29 is 43.5 Å². The fraction of sp³-hybridized carbons (Fsp3) is 0.850. The second kappa shape index (κ2) is 4.48. The third kappa shape index (κ3) is 1.35. The van der Waals surface area contributed by atoms with Crippen LogP contribution in [0.15, 0.2) is 0 Å². The molecule has 9 heteroatoms. The van der Waals surface area contributed by atoms with Gasteiger partial charge in [0.15, 0.2) is 11.7 Å². The van der Waals surface area contributed by atoms with Crippen LogP contribution in [0, 0.1) is 28.1 Å². The summed E-state index contributed by atoms with van der Waals surface area (Å²) in [6, 6.07) is 0. The van der Waals surface area contributed by atoms with E-state index in [2.05, 4.69) is 0 Å². The van der Waals surface area contributed by atoms with E-state index in [0.717, 1.165) is 0 Å². The summed E-state index contributed by atoms with van der Waals surface area (Å²) in [5.74, 6) is -3.52. The summed E-state index contributed by atoms with van der Waals surface area (Å²) in [6.45, 7) is 7.47. The molecule has 158 valence electrons. The molecule has 6 fully saturated rings. The van der Waals surface area contributed by atoms with E-state index in [1.165, 1.54) is 6.92 Å². The van der Waals surface area contributed by atoms with Crippen LogP contribution in [0.4, 0.5) is 0 Å². The van der Waals surface area contributed by atoms with Gasteiger partial charge in [-0.05, 0) is 24.7 Å². The molecule has 9 nitrogen and oxygen atoms in total. The second-order valence-corrected chi connectivity index (χ2v) is 10.6. The van der Waals surface area contributed by atoms with E-state index in [0.29, 0.717) is 6.42 Å². The molecular weight excluding hydrogens is 384 g/mol. The van der Waals surface area contributed by atoms with Crippen LogP contribution < -0.4 is 0 Å². The summed E-state index contributed by atoms with van der Waals surface area (Å²) >= 11 is 0. The van der Waals surface area contributed by atoms with Crippen LogP contribution in [0.3, 0.4) is 0 Å². The monoisotopic (exact) mass is 408 g/mol. The number of fused-ring (bicyclic) bond motifs is 1. The molecule has 3 unspecified atom stereocenters. The highest BCUT2D eigenvalue weighted by atomic mass is 16.8. The van der Waals surface area contributed by atoms with Crippen LogP contribution >= 0.6 is 0 Å². The van der Waals surface area contributed by atoms with E-state index in [1.807, 2.05) is 20.8 Å². The maximum Gasteiger partial charge on any atom is 0.342 e. The van der Waals surface area contributed by atoms with Crippen LogP contribution in [-0.2, 0) is 33.3 Å². The number of hydrogen-bond acceptors (Lipinski definition) is 9. The Morgan fingerprint density at radius 1 is 1.03 bits per heavy atom. The van der Waals surface area contributed by atoms with E-state index in [4.69, 9.17) is 18.9 Å². The molecule has 10 atom stereocenters. The Morgan fingerprint density at radius 2 is 1.72 bits per heavy atom. The quantitative estimate of drug-likeness (QED) is 0.408. The van der Waals surface area contributed by atoms with Crippen molar-refractivity contribution >= 4 is 17.9 Å². The molecule has 2 spiro atoms. The number of esters is 3. The molecule has 0 aromatic rings. The number of aliphatic hydroxyl groups excluding tert-OH is 1. The van der Waals surface area contributed by atoms with Crippen LogP contribution in [0.2, 0.25) is 0 Å². The van der Waals surface area contributed by atoms with E-state index >= 15 is 0 Å². The van der Waals surface area contributed by atoms with Gasteiger partial charge in [0, 0.05) is 6.42 Å². The maximum absolute atomic E-state index is 13.3. The van der Waals surface area contributed by atoms with Gasteiger partial charge in [0.25, 0.3) is 0 Å². The van der Waals surface area contributed by atoms with Gasteiger partial charge in [0.2, 0.25) is 11.9 Å². The predicted octanol–water partition coefficient (Wildman–Crippen LogP) is -0.340.